The SMILES string of the molecule is CSC(C)CCNC1CC(c2ccc(Br)cc2)C1. The van der Waals surface area contributed by atoms with Gasteiger partial charge in [0.25, 0.3) is 0 Å². The Kier molecular flexibility index (Phi) is 5.58. The Morgan fingerprint density at radius 3 is 2.61 bits per heavy atom. The fourth-order valence-corrected chi connectivity index (χ4v) is 3.02. The van der Waals surface area contributed by atoms with Gasteiger partial charge in [-0.1, -0.05) is 35.0 Å². The van der Waals surface area contributed by atoms with Crippen LogP contribution in [-0.4, -0.2) is 24.1 Å². The molecule has 1 aliphatic rings. The third-order valence-corrected chi connectivity index (χ3v) is 5.43. The van der Waals surface area contributed by atoms with Gasteiger partial charge in [-0.2, -0.15) is 11.8 Å². The van der Waals surface area contributed by atoms with Gasteiger partial charge >= 0.3 is 0 Å². The molecule has 0 amide bonds. The lowest BCUT2D eigenvalue weighted by atomic mass is 9.76. The monoisotopic (exact) mass is 327 g/mol. The molecule has 1 fully saturated rings. The molecule has 1 saturated carbocycles. The summed E-state index contributed by atoms with van der Waals surface area (Å²) in [5, 5.41) is 4.45. The smallest absolute Gasteiger partial charge is 0.0175 e. The quantitative estimate of drug-likeness (QED) is 0.829. The molecule has 0 aromatic heterocycles. The summed E-state index contributed by atoms with van der Waals surface area (Å²) in [4.78, 5) is 0. The average Bonchev–Trinajstić information content (AvgIpc) is 2.33. The molecule has 0 aliphatic heterocycles. The average molecular weight is 328 g/mol. The topological polar surface area (TPSA) is 12.0 Å². The van der Waals surface area contributed by atoms with E-state index in [1.54, 1.807) is 0 Å². The first kappa shape index (κ1) is 14.4. The minimum atomic E-state index is 0.743. The van der Waals surface area contributed by atoms with Gasteiger partial charge in [0.2, 0.25) is 0 Å². The molecule has 2 rings (SSSR count). The van der Waals surface area contributed by atoms with Crippen molar-refractivity contribution >= 4 is 27.7 Å². The van der Waals surface area contributed by atoms with Crippen LogP contribution in [0.25, 0.3) is 0 Å². The van der Waals surface area contributed by atoms with Crippen LogP contribution in [0.4, 0.5) is 0 Å². The summed E-state index contributed by atoms with van der Waals surface area (Å²) in [6.45, 7) is 3.47. The molecule has 1 nitrogen and oxygen atoms in total. The van der Waals surface area contributed by atoms with E-state index in [4.69, 9.17) is 0 Å². The van der Waals surface area contributed by atoms with Crippen LogP contribution >= 0.6 is 27.7 Å². The molecule has 0 heterocycles. The van der Waals surface area contributed by atoms with Gasteiger partial charge < -0.3 is 5.32 Å². The minimum Gasteiger partial charge on any atom is -0.314 e. The van der Waals surface area contributed by atoms with Crippen molar-refractivity contribution in [2.24, 2.45) is 0 Å². The van der Waals surface area contributed by atoms with E-state index < -0.39 is 0 Å². The molecule has 18 heavy (non-hydrogen) atoms. The van der Waals surface area contributed by atoms with Gasteiger partial charge in [0.15, 0.2) is 0 Å². The van der Waals surface area contributed by atoms with E-state index >= 15 is 0 Å². The Balaban J connectivity index is 1.66. The van der Waals surface area contributed by atoms with Gasteiger partial charge in [-0.3, -0.25) is 0 Å². The number of halogens is 1. The van der Waals surface area contributed by atoms with Crippen molar-refractivity contribution in [3.05, 3.63) is 34.3 Å². The standard InChI is InChI=1S/C15H22BrNS/c1-11(18-2)7-8-17-15-9-13(10-15)12-3-5-14(16)6-4-12/h3-6,11,13,15,17H,7-10H2,1-2H3. The molecule has 1 atom stereocenters. The first-order valence-corrected chi connectivity index (χ1v) is 8.78. The van der Waals surface area contributed by atoms with Crippen molar-refractivity contribution in [3.63, 3.8) is 0 Å². The second-order valence-electron chi connectivity index (χ2n) is 5.21. The van der Waals surface area contributed by atoms with Gasteiger partial charge in [-0.15, -0.1) is 0 Å². The van der Waals surface area contributed by atoms with Gasteiger partial charge in [-0.25, -0.2) is 0 Å². The summed E-state index contributed by atoms with van der Waals surface area (Å²) < 4.78 is 1.17. The molecule has 1 aromatic rings. The van der Waals surface area contributed by atoms with Crippen molar-refractivity contribution in [1.29, 1.82) is 0 Å². The summed E-state index contributed by atoms with van der Waals surface area (Å²) in [6.07, 6.45) is 6.07. The Morgan fingerprint density at radius 1 is 1.33 bits per heavy atom. The first-order chi connectivity index (χ1) is 8.69. The van der Waals surface area contributed by atoms with E-state index in [2.05, 4.69) is 58.7 Å². The Labute approximate surface area is 123 Å². The van der Waals surface area contributed by atoms with Gasteiger partial charge in [-0.05, 0) is 55.7 Å². The van der Waals surface area contributed by atoms with Crippen LogP contribution < -0.4 is 5.32 Å². The molecule has 0 spiro atoms. The summed E-state index contributed by atoms with van der Waals surface area (Å²) in [5.74, 6) is 0.772. The fraction of sp³-hybridized carbons (Fsp3) is 0.600. The van der Waals surface area contributed by atoms with Crippen LogP contribution in [0.1, 0.15) is 37.7 Å². The number of hydrogen-bond acceptors (Lipinski definition) is 2. The van der Waals surface area contributed by atoms with E-state index in [9.17, 15) is 0 Å². The summed E-state index contributed by atoms with van der Waals surface area (Å²) in [6, 6.07) is 9.54. The third kappa shape index (κ3) is 4.01. The van der Waals surface area contributed by atoms with Gasteiger partial charge in [0.1, 0.15) is 0 Å². The lowest BCUT2D eigenvalue weighted by Crippen LogP contribution is -2.40. The highest BCUT2D eigenvalue weighted by Crippen LogP contribution is 2.37. The number of nitrogens with one attached hydrogen (secondary N) is 1. The molecule has 1 aromatic carbocycles. The lowest BCUT2D eigenvalue weighted by molar-refractivity contribution is 0.291. The van der Waals surface area contributed by atoms with Crippen LogP contribution in [0.5, 0.6) is 0 Å². The summed E-state index contributed by atoms with van der Waals surface area (Å²) in [5.41, 5.74) is 1.49. The minimum absolute atomic E-state index is 0.743. The van der Waals surface area contributed by atoms with Crippen molar-refractivity contribution in [2.45, 2.75) is 43.4 Å². The number of thioether (sulfide) groups is 1. The number of rotatable bonds is 6. The van der Waals surface area contributed by atoms with Crippen LogP contribution in [0.2, 0.25) is 0 Å². The van der Waals surface area contributed by atoms with E-state index in [-0.39, 0.29) is 0 Å². The first-order valence-electron chi connectivity index (χ1n) is 6.70. The second-order valence-corrected chi connectivity index (χ2v) is 7.40. The van der Waals surface area contributed by atoms with Crippen LogP contribution in [-0.2, 0) is 0 Å². The zero-order valence-corrected chi connectivity index (χ0v) is 13.6. The van der Waals surface area contributed by atoms with E-state index in [1.165, 1.54) is 35.8 Å². The Bertz CT molecular complexity index is 359. The largest absolute Gasteiger partial charge is 0.314 e. The zero-order valence-electron chi connectivity index (χ0n) is 11.2. The summed E-state index contributed by atoms with van der Waals surface area (Å²) in [7, 11) is 0. The Morgan fingerprint density at radius 2 is 2.00 bits per heavy atom. The lowest BCUT2D eigenvalue weighted by Gasteiger charge is -2.36. The molecular weight excluding hydrogens is 306 g/mol. The maximum atomic E-state index is 3.67. The van der Waals surface area contributed by atoms with E-state index in [0.29, 0.717) is 0 Å². The molecule has 0 saturated heterocycles. The molecule has 0 radical (unpaired) electrons. The zero-order chi connectivity index (χ0) is 13.0. The maximum absolute atomic E-state index is 3.67. The third-order valence-electron chi connectivity index (χ3n) is 3.87. The highest BCUT2D eigenvalue weighted by Gasteiger charge is 2.29. The molecule has 3 heteroatoms. The predicted octanol–water partition coefficient (Wildman–Crippen LogP) is 4.43. The second kappa shape index (κ2) is 6.97. The highest BCUT2D eigenvalue weighted by molar-refractivity contribution is 9.10. The van der Waals surface area contributed by atoms with Crippen LogP contribution in [0.15, 0.2) is 28.7 Å². The van der Waals surface area contributed by atoms with Gasteiger partial charge in [0.05, 0.1) is 0 Å². The Hall–Kier alpha value is 0.01000. The maximum Gasteiger partial charge on any atom is 0.0175 e. The van der Waals surface area contributed by atoms with Crippen LogP contribution in [0.3, 0.4) is 0 Å². The van der Waals surface area contributed by atoms with E-state index in [1.807, 2.05) is 11.8 Å². The molecule has 0 bridgehead atoms. The van der Waals surface area contributed by atoms with Crippen LogP contribution in [0, 0.1) is 0 Å². The molecule has 1 unspecified atom stereocenters. The van der Waals surface area contributed by atoms with Crippen molar-refractivity contribution in [1.82, 2.24) is 5.32 Å². The molecular formula is C15H22BrNS. The van der Waals surface area contributed by atoms with Gasteiger partial charge in [0, 0.05) is 15.8 Å². The molecule has 1 aliphatic carbocycles. The predicted molar refractivity (Wildman–Crippen MR) is 85.5 cm³/mol. The fourth-order valence-electron chi connectivity index (χ4n) is 2.40. The number of hydrogen-bond donors (Lipinski definition) is 1. The molecule has 100 valence electrons. The number of benzene rings is 1. The van der Waals surface area contributed by atoms with Crippen molar-refractivity contribution < 1.29 is 0 Å². The van der Waals surface area contributed by atoms with Crippen molar-refractivity contribution in [3.8, 4) is 0 Å². The van der Waals surface area contributed by atoms with Crippen molar-refractivity contribution in [2.75, 3.05) is 12.8 Å². The van der Waals surface area contributed by atoms with E-state index in [0.717, 1.165) is 17.2 Å². The normalized spacial score (nSPS) is 24.6. The summed E-state index contributed by atoms with van der Waals surface area (Å²) >= 11 is 5.44. The molecule has 1 N–H and O–H groups in total. The highest BCUT2D eigenvalue weighted by atomic mass is 79.9.